The molecule has 0 spiro atoms. The molecule has 0 unspecified atom stereocenters. The van der Waals surface area contributed by atoms with Crippen molar-refractivity contribution in [3.05, 3.63) is 30.1 Å². The van der Waals surface area contributed by atoms with Crippen LogP contribution in [-0.4, -0.2) is 50.8 Å². The molecule has 7 nitrogen and oxygen atoms in total. The molecule has 2 fully saturated rings. The minimum atomic E-state index is -3.71. The smallest absolute Gasteiger partial charge is 0.240 e. The summed E-state index contributed by atoms with van der Waals surface area (Å²) in [5.74, 6) is -0.392. The highest BCUT2D eigenvalue weighted by Crippen LogP contribution is 2.27. The van der Waals surface area contributed by atoms with Crippen LogP contribution >= 0.6 is 0 Å². The van der Waals surface area contributed by atoms with Gasteiger partial charge in [0.25, 0.3) is 0 Å². The standard InChI is InChI=1S/C20H29FN2O5S/c21-15-5-8-17(9-6-15)29(26,27)22-12-11-16-7-10-18(19(13-24)28-16)23-20(25)14-3-1-2-4-14/h5-6,8-9,14,16,18-19,22,24H,1-4,7,10-13H2,(H,23,25)/t16-,18+,19-/m1/s1. The van der Waals surface area contributed by atoms with Gasteiger partial charge in [-0.2, -0.15) is 0 Å². The Balaban J connectivity index is 1.45. The molecule has 0 bridgehead atoms. The summed E-state index contributed by atoms with van der Waals surface area (Å²) in [4.78, 5) is 12.4. The second-order valence-electron chi connectivity index (χ2n) is 7.79. The highest BCUT2D eigenvalue weighted by molar-refractivity contribution is 7.89. The Labute approximate surface area is 171 Å². The molecule has 1 heterocycles. The molecule has 2 aliphatic rings. The van der Waals surface area contributed by atoms with Gasteiger partial charge in [-0.3, -0.25) is 4.79 Å². The first-order valence-corrected chi connectivity index (χ1v) is 11.7. The largest absolute Gasteiger partial charge is 0.394 e. The maximum Gasteiger partial charge on any atom is 0.240 e. The Morgan fingerprint density at radius 1 is 1.14 bits per heavy atom. The van der Waals surface area contributed by atoms with Crippen LogP contribution in [0.3, 0.4) is 0 Å². The summed E-state index contributed by atoms with van der Waals surface area (Å²) in [6, 6.07) is 4.41. The van der Waals surface area contributed by atoms with Crippen LogP contribution in [0.4, 0.5) is 4.39 Å². The molecule has 29 heavy (non-hydrogen) atoms. The van der Waals surface area contributed by atoms with Crippen molar-refractivity contribution in [2.24, 2.45) is 5.92 Å². The molecule has 3 N–H and O–H groups in total. The maximum atomic E-state index is 13.0. The van der Waals surface area contributed by atoms with Crippen molar-refractivity contribution in [1.29, 1.82) is 0 Å². The fraction of sp³-hybridized carbons (Fsp3) is 0.650. The number of halogens is 1. The fourth-order valence-electron chi connectivity index (χ4n) is 4.05. The molecule has 9 heteroatoms. The lowest BCUT2D eigenvalue weighted by Gasteiger charge is -2.36. The van der Waals surface area contributed by atoms with Crippen molar-refractivity contribution < 1.29 is 27.4 Å². The van der Waals surface area contributed by atoms with Crippen LogP contribution in [-0.2, 0) is 19.6 Å². The van der Waals surface area contributed by atoms with Gasteiger partial charge in [-0.25, -0.2) is 17.5 Å². The van der Waals surface area contributed by atoms with E-state index in [4.69, 9.17) is 4.74 Å². The molecule has 162 valence electrons. The highest BCUT2D eigenvalue weighted by Gasteiger charge is 2.33. The molecule has 3 rings (SSSR count). The Morgan fingerprint density at radius 3 is 2.48 bits per heavy atom. The molecule has 0 aromatic heterocycles. The molecular formula is C20H29FN2O5S. The number of aliphatic hydroxyl groups excluding tert-OH is 1. The van der Waals surface area contributed by atoms with Gasteiger partial charge in [-0.05, 0) is 56.4 Å². The number of amides is 1. The fourth-order valence-corrected chi connectivity index (χ4v) is 5.10. The Bertz CT molecular complexity index is 781. The third-order valence-electron chi connectivity index (χ3n) is 5.73. The predicted octanol–water partition coefficient (Wildman–Crippen LogP) is 1.71. The SMILES string of the molecule is O=C(N[C@H]1CC[C@H](CCNS(=O)(=O)c2ccc(F)cc2)O[C@@H]1CO)C1CCCC1. The zero-order valence-electron chi connectivity index (χ0n) is 16.3. The van der Waals surface area contributed by atoms with E-state index in [2.05, 4.69) is 10.0 Å². The van der Waals surface area contributed by atoms with Crippen LogP contribution in [0.2, 0.25) is 0 Å². The lowest BCUT2D eigenvalue weighted by Crippen LogP contribution is -2.52. The number of sulfonamides is 1. The summed E-state index contributed by atoms with van der Waals surface area (Å²) in [7, 11) is -3.71. The molecule has 1 aromatic rings. The van der Waals surface area contributed by atoms with Crippen LogP contribution in [0.15, 0.2) is 29.2 Å². The van der Waals surface area contributed by atoms with Gasteiger partial charge < -0.3 is 15.2 Å². The van der Waals surface area contributed by atoms with Crippen molar-refractivity contribution in [2.75, 3.05) is 13.2 Å². The summed E-state index contributed by atoms with van der Waals surface area (Å²) in [5, 5.41) is 12.7. The topological polar surface area (TPSA) is 105 Å². The number of nitrogens with one attached hydrogen (secondary N) is 2. The van der Waals surface area contributed by atoms with Crippen molar-refractivity contribution >= 4 is 15.9 Å². The van der Waals surface area contributed by atoms with Gasteiger partial charge >= 0.3 is 0 Å². The number of hydrogen-bond donors (Lipinski definition) is 3. The quantitative estimate of drug-likeness (QED) is 0.585. The number of carbonyl (C=O) groups excluding carboxylic acids is 1. The summed E-state index contributed by atoms with van der Waals surface area (Å²) in [6.07, 6.45) is 5.09. The average Bonchev–Trinajstić information content (AvgIpc) is 3.24. The summed E-state index contributed by atoms with van der Waals surface area (Å²) in [6.45, 7) is -0.0327. The van der Waals surface area contributed by atoms with E-state index < -0.39 is 21.9 Å². The summed E-state index contributed by atoms with van der Waals surface area (Å²) in [5.41, 5.74) is 0. The minimum absolute atomic E-state index is 0.00591. The summed E-state index contributed by atoms with van der Waals surface area (Å²) >= 11 is 0. The van der Waals surface area contributed by atoms with Gasteiger partial charge in [0.15, 0.2) is 0 Å². The molecule has 3 atom stereocenters. The molecule has 1 saturated heterocycles. The molecular weight excluding hydrogens is 399 g/mol. The van der Waals surface area contributed by atoms with E-state index in [0.717, 1.165) is 37.8 Å². The number of rotatable bonds is 8. The molecule has 1 saturated carbocycles. The second kappa shape index (κ2) is 9.97. The zero-order chi connectivity index (χ0) is 20.9. The van der Waals surface area contributed by atoms with E-state index in [1.54, 1.807) is 0 Å². The lowest BCUT2D eigenvalue weighted by atomic mass is 9.96. The van der Waals surface area contributed by atoms with Crippen molar-refractivity contribution in [3.63, 3.8) is 0 Å². The minimum Gasteiger partial charge on any atom is -0.394 e. The van der Waals surface area contributed by atoms with Gasteiger partial charge in [0, 0.05) is 12.5 Å². The maximum absolute atomic E-state index is 13.0. The van der Waals surface area contributed by atoms with Crippen molar-refractivity contribution in [3.8, 4) is 0 Å². The van der Waals surface area contributed by atoms with Crippen molar-refractivity contribution in [1.82, 2.24) is 10.0 Å². The number of carbonyl (C=O) groups is 1. The van der Waals surface area contributed by atoms with E-state index >= 15 is 0 Å². The van der Waals surface area contributed by atoms with Crippen LogP contribution in [0, 0.1) is 11.7 Å². The van der Waals surface area contributed by atoms with Gasteiger partial charge in [-0.1, -0.05) is 12.8 Å². The molecule has 1 aliphatic heterocycles. The first kappa shape index (κ1) is 22.1. The third kappa shape index (κ3) is 5.97. The second-order valence-corrected chi connectivity index (χ2v) is 9.56. The van der Waals surface area contributed by atoms with Crippen LogP contribution < -0.4 is 10.0 Å². The van der Waals surface area contributed by atoms with Gasteiger partial charge in [0.2, 0.25) is 15.9 Å². The Morgan fingerprint density at radius 2 is 1.83 bits per heavy atom. The van der Waals surface area contributed by atoms with Gasteiger partial charge in [-0.15, -0.1) is 0 Å². The molecule has 0 radical (unpaired) electrons. The van der Waals surface area contributed by atoms with Crippen LogP contribution in [0.5, 0.6) is 0 Å². The summed E-state index contributed by atoms with van der Waals surface area (Å²) < 4.78 is 45.8. The first-order valence-electron chi connectivity index (χ1n) is 10.2. The highest BCUT2D eigenvalue weighted by atomic mass is 32.2. The zero-order valence-corrected chi connectivity index (χ0v) is 17.2. The van der Waals surface area contributed by atoms with E-state index in [1.165, 1.54) is 12.1 Å². The van der Waals surface area contributed by atoms with Crippen LogP contribution in [0.25, 0.3) is 0 Å². The Kier molecular flexibility index (Phi) is 7.61. The monoisotopic (exact) mass is 428 g/mol. The van der Waals surface area contributed by atoms with E-state index in [0.29, 0.717) is 19.3 Å². The van der Waals surface area contributed by atoms with Gasteiger partial charge in [0.1, 0.15) is 11.9 Å². The average molecular weight is 429 g/mol. The van der Waals surface area contributed by atoms with Gasteiger partial charge in [0.05, 0.1) is 23.6 Å². The number of benzene rings is 1. The van der Waals surface area contributed by atoms with E-state index in [1.807, 2.05) is 0 Å². The Hall–Kier alpha value is -1.55. The normalized spacial score (nSPS) is 25.8. The predicted molar refractivity (Wildman–Crippen MR) is 105 cm³/mol. The van der Waals surface area contributed by atoms with Crippen LogP contribution in [0.1, 0.15) is 44.9 Å². The first-order chi connectivity index (χ1) is 13.9. The number of aliphatic hydroxyl groups is 1. The molecule has 1 amide bonds. The third-order valence-corrected chi connectivity index (χ3v) is 7.21. The molecule has 1 aromatic carbocycles. The number of ether oxygens (including phenoxy) is 1. The molecule has 1 aliphatic carbocycles. The van der Waals surface area contributed by atoms with E-state index in [-0.39, 0.29) is 42.0 Å². The van der Waals surface area contributed by atoms with Crippen molar-refractivity contribution in [2.45, 2.75) is 68.1 Å². The lowest BCUT2D eigenvalue weighted by molar-refractivity contribution is -0.131. The number of hydrogen-bond acceptors (Lipinski definition) is 5. The van der Waals surface area contributed by atoms with E-state index in [9.17, 15) is 22.7 Å².